The summed E-state index contributed by atoms with van der Waals surface area (Å²) in [7, 11) is -0.981. The smallest absolute Gasteiger partial charge is 0.219 e. The molecule has 1 atom stereocenters. The molecule has 0 saturated heterocycles. The van der Waals surface area contributed by atoms with Crippen molar-refractivity contribution >= 4 is 27.7 Å². The highest BCUT2D eigenvalue weighted by molar-refractivity contribution is 7.84. The molecule has 2 aromatic carbocycles. The maximum Gasteiger partial charge on any atom is 0.219 e. The highest BCUT2D eigenvalue weighted by Crippen LogP contribution is 2.51. The van der Waals surface area contributed by atoms with Crippen LogP contribution in [-0.2, 0) is 16.2 Å². The number of anilines is 1. The van der Waals surface area contributed by atoms with E-state index in [0.29, 0.717) is 0 Å². The van der Waals surface area contributed by atoms with Crippen molar-refractivity contribution in [1.29, 1.82) is 0 Å². The van der Waals surface area contributed by atoms with Crippen molar-refractivity contribution in [2.24, 2.45) is 0 Å². The molecule has 1 saturated carbocycles. The highest BCUT2D eigenvalue weighted by atomic mass is 32.2. The lowest BCUT2D eigenvalue weighted by Crippen LogP contribution is -2.35. The first-order valence-corrected chi connectivity index (χ1v) is 11.3. The second kappa shape index (κ2) is 6.81. The zero-order valence-electron chi connectivity index (χ0n) is 16.2. The number of nitrogens with two attached hydrogens (primary N) is 1. The quantitative estimate of drug-likeness (QED) is 0.529. The number of aromatic nitrogens is 3. The maximum atomic E-state index is 11.8. The van der Waals surface area contributed by atoms with Crippen molar-refractivity contribution in [1.82, 2.24) is 15.0 Å². The van der Waals surface area contributed by atoms with Gasteiger partial charge in [0.25, 0.3) is 0 Å². The van der Waals surface area contributed by atoms with E-state index in [1.54, 1.807) is 18.6 Å². The van der Waals surface area contributed by atoms with Gasteiger partial charge in [0.2, 0.25) is 5.95 Å². The summed E-state index contributed by atoms with van der Waals surface area (Å²) in [4.78, 5) is 12.4. The van der Waals surface area contributed by atoms with Gasteiger partial charge in [-0.1, -0.05) is 36.8 Å². The fraction of sp³-hybridized carbons (Fsp3) is 0.217. The van der Waals surface area contributed by atoms with Gasteiger partial charge in [0.15, 0.2) is 0 Å². The Bertz CT molecular complexity index is 1210. The molecule has 1 aliphatic carbocycles. The molecule has 6 heteroatoms. The summed E-state index contributed by atoms with van der Waals surface area (Å²) in [6, 6.07) is 14.8. The lowest BCUT2D eigenvalue weighted by Gasteiger charge is -2.43. The molecule has 0 bridgehead atoms. The Hall–Kier alpha value is -2.99. The van der Waals surface area contributed by atoms with Crippen LogP contribution in [0.5, 0.6) is 0 Å². The van der Waals surface area contributed by atoms with E-state index >= 15 is 0 Å². The SMILES string of the molecule is CS(=O)c1ccc2c(C3(c4ccc(-c5cnc(N)nc5)cc4)CCC3)c[nH]c2c1. The standard InChI is InChI=1S/C23H22N4OS/c1-29(28)18-7-8-19-20(14-25-21(19)11-18)23(9-2-10-23)17-5-3-15(4-6-17)16-12-26-22(24)27-13-16/h3-8,11-14,25H,2,9-10H2,1H3,(H2,24,26,27). The zero-order chi connectivity index (χ0) is 20.0. The van der Waals surface area contributed by atoms with Crippen LogP contribution in [0.2, 0.25) is 0 Å². The summed E-state index contributed by atoms with van der Waals surface area (Å²) in [5.74, 6) is 0.285. The average molecular weight is 403 g/mol. The van der Waals surface area contributed by atoms with E-state index < -0.39 is 10.8 Å². The molecular weight excluding hydrogens is 380 g/mol. The van der Waals surface area contributed by atoms with E-state index in [0.717, 1.165) is 34.4 Å². The minimum Gasteiger partial charge on any atom is -0.368 e. The number of nitrogen functional groups attached to an aromatic ring is 1. The van der Waals surface area contributed by atoms with Crippen LogP contribution in [0.1, 0.15) is 30.4 Å². The Balaban J connectivity index is 1.54. The highest BCUT2D eigenvalue weighted by Gasteiger charge is 2.41. The molecule has 2 heterocycles. The summed E-state index contributed by atoms with van der Waals surface area (Å²) >= 11 is 0. The van der Waals surface area contributed by atoms with Gasteiger partial charge in [0, 0.05) is 62.4 Å². The molecule has 4 aromatic rings. The topological polar surface area (TPSA) is 84.7 Å². The lowest BCUT2D eigenvalue weighted by molar-refractivity contribution is 0.304. The number of nitrogens with zero attached hydrogens (tertiary/aromatic N) is 2. The van der Waals surface area contributed by atoms with Crippen molar-refractivity contribution < 1.29 is 4.21 Å². The number of hydrogen-bond acceptors (Lipinski definition) is 4. The van der Waals surface area contributed by atoms with Crippen molar-refractivity contribution in [3.8, 4) is 11.1 Å². The van der Waals surface area contributed by atoms with Crippen LogP contribution in [-0.4, -0.2) is 25.4 Å². The zero-order valence-corrected chi connectivity index (χ0v) is 17.0. The first-order valence-electron chi connectivity index (χ1n) is 9.70. The van der Waals surface area contributed by atoms with E-state index in [4.69, 9.17) is 5.73 Å². The minimum atomic E-state index is -0.981. The Labute approximate surface area is 171 Å². The Kier molecular flexibility index (Phi) is 4.24. The number of H-pyrrole nitrogens is 1. The maximum absolute atomic E-state index is 11.8. The van der Waals surface area contributed by atoms with Crippen LogP contribution >= 0.6 is 0 Å². The van der Waals surface area contributed by atoms with Crippen molar-refractivity contribution in [3.63, 3.8) is 0 Å². The van der Waals surface area contributed by atoms with Gasteiger partial charge in [-0.3, -0.25) is 4.21 Å². The van der Waals surface area contributed by atoms with Gasteiger partial charge in [0.05, 0.1) is 0 Å². The van der Waals surface area contributed by atoms with Crippen LogP contribution < -0.4 is 5.73 Å². The molecule has 1 aliphatic rings. The molecule has 2 aromatic heterocycles. The predicted octanol–water partition coefficient (Wildman–Crippen LogP) is 4.41. The third kappa shape index (κ3) is 2.95. The molecule has 0 spiro atoms. The number of hydrogen-bond donors (Lipinski definition) is 2. The fourth-order valence-corrected chi connectivity index (χ4v) is 4.94. The number of benzene rings is 2. The monoisotopic (exact) mass is 402 g/mol. The normalized spacial score (nSPS) is 16.4. The molecule has 3 N–H and O–H groups in total. The van der Waals surface area contributed by atoms with Crippen molar-refractivity contribution in [3.05, 3.63) is 72.2 Å². The van der Waals surface area contributed by atoms with Crippen LogP contribution in [0.3, 0.4) is 0 Å². The van der Waals surface area contributed by atoms with E-state index in [2.05, 4.69) is 51.5 Å². The number of fused-ring (bicyclic) bond motifs is 1. The van der Waals surface area contributed by atoms with E-state index in [9.17, 15) is 4.21 Å². The molecule has 0 amide bonds. The van der Waals surface area contributed by atoms with Crippen LogP contribution in [0, 0.1) is 0 Å². The molecule has 5 rings (SSSR count). The van der Waals surface area contributed by atoms with Gasteiger partial charge in [-0.15, -0.1) is 0 Å². The fourth-order valence-electron chi connectivity index (χ4n) is 4.39. The second-order valence-electron chi connectivity index (χ2n) is 7.71. The van der Waals surface area contributed by atoms with E-state index in [1.165, 1.54) is 22.9 Å². The van der Waals surface area contributed by atoms with E-state index in [1.807, 2.05) is 12.1 Å². The largest absolute Gasteiger partial charge is 0.368 e. The molecular formula is C23H22N4OS. The summed E-state index contributed by atoms with van der Waals surface area (Å²) in [6.07, 6.45) is 10.8. The molecule has 0 radical (unpaired) electrons. The summed E-state index contributed by atoms with van der Waals surface area (Å²) in [5.41, 5.74) is 11.4. The third-order valence-corrected chi connectivity index (χ3v) is 7.07. The van der Waals surface area contributed by atoms with Crippen molar-refractivity contribution in [2.45, 2.75) is 29.6 Å². The van der Waals surface area contributed by atoms with Crippen LogP contribution in [0.25, 0.3) is 22.0 Å². The predicted molar refractivity (Wildman–Crippen MR) is 117 cm³/mol. The van der Waals surface area contributed by atoms with Gasteiger partial charge in [-0.05, 0) is 41.7 Å². The van der Waals surface area contributed by atoms with Crippen LogP contribution in [0.4, 0.5) is 5.95 Å². The minimum absolute atomic E-state index is 0.0290. The Morgan fingerprint density at radius 2 is 1.76 bits per heavy atom. The van der Waals surface area contributed by atoms with Gasteiger partial charge in [0.1, 0.15) is 0 Å². The molecule has 29 heavy (non-hydrogen) atoms. The average Bonchev–Trinajstić information content (AvgIpc) is 3.12. The second-order valence-corrected chi connectivity index (χ2v) is 9.09. The first-order chi connectivity index (χ1) is 14.1. The molecule has 1 fully saturated rings. The summed E-state index contributed by atoms with van der Waals surface area (Å²) in [5, 5.41) is 1.22. The molecule has 146 valence electrons. The van der Waals surface area contributed by atoms with Crippen molar-refractivity contribution in [2.75, 3.05) is 12.0 Å². The summed E-state index contributed by atoms with van der Waals surface area (Å²) < 4.78 is 11.8. The summed E-state index contributed by atoms with van der Waals surface area (Å²) in [6.45, 7) is 0. The number of nitrogens with one attached hydrogen (secondary N) is 1. The van der Waals surface area contributed by atoms with Crippen LogP contribution in [0.15, 0.2) is 66.0 Å². The molecule has 1 unspecified atom stereocenters. The first kappa shape index (κ1) is 18.1. The molecule has 0 aliphatic heterocycles. The van der Waals surface area contributed by atoms with Gasteiger partial charge < -0.3 is 10.7 Å². The van der Waals surface area contributed by atoms with E-state index in [-0.39, 0.29) is 11.4 Å². The molecule has 5 nitrogen and oxygen atoms in total. The van der Waals surface area contributed by atoms with Gasteiger partial charge in [-0.25, -0.2) is 9.97 Å². The Morgan fingerprint density at radius 1 is 1.03 bits per heavy atom. The van der Waals surface area contributed by atoms with Gasteiger partial charge in [-0.2, -0.15) is 0 Å². The number of rotatable bonds is 4. The Morgan fingerprint density at radius 3 is 2.38 bits per heavy atom. The lowest BCUT2D eigenvalue weighted by atomic mass is 9.60. The third-order valence-electron chi connectivity index (χ3n) is 6.15. The van der Waals surface area contributed by atoms with Gasteiger partial charge >= 0.3 is 0 Å². The number of aromatic amines is 1.